The third-order valence-corrected chi connectivity index (χ3v) is 6.32. The number of aromatic nitrogens is 2. The van der Waals surface area contributed by atoms with Crippen LogP contribution in [0.15, 0.2) is 30.6 Å². The summed E-state index contributed by atoms with van der Waals surface area (Å²) in [7, 11) is 0. The van der Waals surface area contributed by atoms with Gasteiger partial charge in [-0.15, -0.1) is 0 Å². The lowest BCUT2D eigenvalue weighted by atomic mass is 9.72. The lowest BCUT2D eigenvalue weighted by Crippen LogP contribution is -2.55. The van der Waals surface area contributed by atoms with Crippen molar-refractivity contribution in [3.8, 4) is 5.69 Å². The maximum Gasteiger partial charge on any atom is 0.244 e. The van der Waals surface area contributed by atoms with Crippen LogP contribution in [0.4, 0.5) is 5.69 Å². The molecule has 5 heteroatoms. The Bertz CT molecular complexity index is 828. The van der Waals surface area contributed by atoms with Gasteiger partial charge in [-0.3, -0.25) is 9.69 Å². The van der Waals surface area contributed by atoms with Gasteiger partial charge >= 0.3 is 0 Å². The number of benzene rings is 1. The van der Waals surface area contributed by atoms with E-state index < -0.39 is 0 Å². The predicted molar refractivity (Wildman–Crippen MR) is 96.9 cm³/mol. The molecule has 0 spiro atoms. The van der Waals surface area contributed by atoms with Crippen molar-refractivity contribution in [3.05, 3.63) is 42.0 Å². The van der Waals surface area contributed by atoms with E-state index in [1.54, 1.807) is 0 Å². The Morgan fingerprint density at radius 2 is 1.92 bits per heavy atom. The largest absolute Gasteiger partial charge is 0.324 e. The van der Waals surface area contributed by atoms with E-state index in [2.05, 4.69) is 26.7 Å². The van der Waals surface area contributed by atoms with Gasteiger partial charge in [-0.05, 0) is 69.7 Å². The van der Waals surface area contributed by atoms with Crippen molar-refractivity contribution < 1.29 is 4.79 Å². The molecule has 0 atom stereocenters. The Morgan fingerprint density at radius 3 is 2.52 bits per heavy atom. The Morgan fingerprint density at radius 1 is 1.20 bits per heavy atom. The van der Waals surface area contributed by atoms with Crippen molar-refractivity contribution in [3.63, 3.8) is 0 Å². The molecule has 1 N–H and O–H groups in total. The molecule has 25 heavy (non-hydrogen) atoms. The van der Waals surface area contributed by atoms with Crippen LogP contribution < -0.4 is 5.32 Å². The molecule has 1 amide bonds. The molecular formula is C20H24N4O. The van der Waals surface area contributed by atoms with E-state index in [0.717, 1.165) is 48.1 Å². The van der Waals surface area contributed by atoms with Crippen LogP contribution in [0.5, 0.6) is 0 Å². The predicted octanol–water partition coefficient (Wildman–Crippen LogP) is 3.05. The molecule has 2 aliphatic carbocycles. The molecule has 6 rings (SSSR count). The summed E-state index contributed by atoms with van der Waals surface area (Å²) in [5, 5.41) is 3.17. The van der Waals surface area contributed by atoms with Crippen LogP contribution in [0.3, 0.4) is 0 Å². The average molecular weight is 336 g/mol. The normalized spacial score (nSPS) is 28.0. The number of hydrogen-bond donors (Lipinski definition) is 1. The number of nitrogens with one attached hydrogen (secondary N) is 1. The number of aryl methyl sites for hydroxylation is 1. The molecule has 1 aromatic carbocycles. The molecule has 4 fully saturated rings. The van der Waals surface area contributed by atoms with E-state index in [1.165, 1.54) is 12.8 Å². The highest BCUT2D eigenvalue weighted by molar-refractivity contribution is 5.99. The van der Waals surface area contributed by atoms with Crippen molar-refractivity contribution in [1.82, 2.24) is 14.5 Å². The highest BCUT2D eigenvalue weighted by atomic mass is 16.2. The zero-order valence-electron chi connectivity index (χ0n) is 14.8. The first kappa shape index (κ1) is 15.1. The summed E-state index contributed by atoms with van der Waals surface area (Å²) in [6.07, 6.45) is 6.46. The second-order valence-electron chi connectivity index (χ2n) is 7.98. The van der Waals surface area contributed by atoms with Crippen molar-refractivity contribution in [2.45, 2.75) is 51.1 Å². The second kappa shape index (κ2) is 5.18. The van der Waals surface area contributed by atoms with Crippen LogP contribution in [0, 0.1) is 19.8 Å². The van der Waals surface area contributed by atoms with Crippen LogP contribution >= 0.6 is 0 Å². The average Bonchev–Trinajstić information content (AvgIpc) is 3.14. The number of hydrogen-bond acceptors (Lipinski definition) is 3. The summed E-state index contributed by atoms with van der Waals surface area (Å²) in [5.41, 5.74) is 3.91. The molecule has 1 aromatic heterocycles. The third kappa shape index (κ3) is 2.25. The maximum atomic E-state index is 13.0. The minimum Gasteiger partial charge on any atom is -0.324 e. The van der Waals surface area contributed by atoms with Gasteiger partial charge < -0.3 is 9.88 Å². The second-order valence-corrected chi connectivity index (χ2v) is 7.98. The molecule has 2 bridgehead atoms. The Hall–Kier alpha value is -2.14. The van der Waals surface area contributed by atoms with E-state index >= 15 is 0 Å². The van der Waals surface area contributed by atoms with Gasteiger partial charge in [-0.1, -0.05) is 0 Å². The summed E-state index contributed by atoms with van der Waals surface area (Å²) in [6, 6.07) is 8.72. The third-order valence-electron chi connectivity index (χ3n) is 6.32. The molecule has 130 valence electrons. The summed E-state index contributed by atoms with van der Waals surface area (Å²) in [6.45, 7) is 5.20. The van der Waals surface area contributed by atoms with Crippen molar-refractivity contribution in [2.75, 3.05) is 11.9 Å². The molecule has 2 saturated heterocycles. The first-order valence-electron chi connectivity index (χ1n) is 9.26. The number of fused-ring (bicyclic) bond motifs is 1. The lowest BCUT2D eigenvalue weighted by molar-refractivity contribution is -0.129. The van der Waals surface area contributed by atoms with E-state index in [1.807, 2.05) is 37.5 Å². The molecule has 0 radical (unpaired) electrons. The molecule has 2 aromatic rings. The van der Waals surface area contributed by atoms with Crippen molar-refractivity contribution in [1.29, 1.82) is 0 Å². The van der Waals surface area contributed by atoms with Crippen LogP contribution in [-0.4, -0.2) is 38.5 Å². The monoisotopic (exact) mass is 336 g/mol. The summed E-state index contributed by atoms with van der Waals surface area (Å²) >= 11 is 0. The molecule has 0 unspecified atom stereocenters. The van der Waals surface area contributed by atoms with Crippen molar-refractivity contribution >= 4 is 11.6 Å². The van der Waals surface area contributed by atoms with Gasteiger partial charge in [-0.25, -0.2) is 4.98 Å². The molecule has 3 heterocycles. The summed E-state index contributed by atoms with van der Waals surface area (Å²) in [5.74, 6) is 0.928. The highest BCUT2D eigenvalue weighted by Crippen LogP contribution is 2.54. The van der Waals surface area contributed by atoms with Gasteiger partial charge in [0.15, 0.2) is 0 Å². The zero-order chi connectivity index (χ0) is 17.2. The zero-order valence-corrected chi connectivity index (χ0v) is 14.8. The van der Waals surface area contributed by atoms with E-state index in [4.69, 9.17) is 0 Å². The Balaban J connectivity index is 1.33. The van der Waals surface area contributed by atoms with Crippen molar-refractivity contribution in [2.24, 2.45) is 5.92 Å². The number of imidazole rings is 1. The molecule has 2 saturated carbocycles. The summed E-state index contributed by atoms with van der Waals surface area (Å²) in [4.78, 5) is 19.8. The smallest absolute Gasteiger partial charge is 0.244 e. The molecule has 5 nitrogen and oxygen atoms in total. The quantitative estimate of drug-likeness (QED) is 0.933. The number of nitrogens with zero attached hydrogens (tertiary/aromatic N) is 3. The summed E-state index contributed by atoms with van der Waals surface area (Å²) < 4.78 is 2.07. The highest BCUT2D eigenvalue weighted by Gasteiger charge is 2.63. The fraction of sp³-hybridized carbons (Fsp3) is 0.500. The first-order valence-corrected chi connectivity index (χ1v) is 9.26. The number of amides is 1. The van der Waals surface area contributed by atoms with Gasteiger partial charge in [0.05, 0.1) is 12.0 Å². The fourth-order valence-corrected chi connectivity index (χ4v) is 4.62. The van der Waals surface area contributed by atoms with Gasteiger partial charge in [-0.2, -0.15) is 0 Å². The fourth-order valence-electron chi connectivity index (χ4n) is 4.62. The van der Waals surface area contributed by atoms with Gasteiger partial charge in [0, 0.05) is 29.7 Å². The van der Waals surface area contributed by atoms with Crippen LogP contribution in [0.2, 0.25) is 0 Å². The van der Waals surface area contributed by atoms with Crippen LogP contribution in [0.1, 0.15) is 37.1 Å². The first-order chi connectivity index (χ1) is 12.1. The molecule has 4 aliphatic rings. The van der Waals surface area contributed by atoms with Crippen LogP contribution in [-0.2, 0) is 4.79 Å². The van der Waals surface area contributed by atoms with E-state index in [0.29, 0.717) is 6.04 Å². The van der Waals surface area contributed by atoms with E-state index in [-0.39, 0.29) is 11.4 Å². The minimum absolute atomic E-state index is 0.190. The molecule has 2 aliphatic heterocycles. The number of carbonyl (C=O) groups is 1. The molecular weight excluding hydrogens is 312 g/mol. The maximum absolute atomic E-state index is 13.0. The standard InChI is InChI=1S/C20H24N4O/c1-13-14(2)23(12-21-13)17-5-3-16(4-6-17)22-19(25)20-9-15(10-20)11-24(20)18-7-8-18/h3-6,12,15,18H,7-11H2,1-2H3,(H,22,25). The Labute approximate surface area is 148 Å². The number of rotatable bonds is 4. The topological polar surface area (TPSA) is 50.2 Å². The minimum atomic E-state index is -0.220. The number of anilines is 1. The van der Waals surface area contributed by atoms with Gasteiger partial charge in [0.25, 0.3) is 0 Å². The Kier molecular flexibility index (Phi) is 3.14. The van der Waals surface area contributed by atoms with Crippen LogP contribution in [0.25, 0.3) is 5.69 Å². The van der Waals surface area contributed by atoms with Gasteiger partial charge in [0.2, 0.25) is 5.91 Å². The SMILES string of the molecule is Cc1ncn(-c2ccc(NC(=O)C34CC(CN3C3CC3)C4)cc2)c1C. The lowest BCUT2D eigenvalue weighted by Gasteiger charge is -2.40. The van der Waals surface area contributed by atoms with E-state index in [9.17, 15) is 4.79 Å². The number of carbonyl (C=O) groups excluding carboxylic acids is 1. The van der Waals surface area contributed by atoms with Gasteiger partial charge in [0.1, 0.15) is 5.54 Å².